The molecule has 1 unspecified atom stereocenters. The Kier molecular flexibility index (Phi) is 5.79. The van der Waals surface area contributed by atoms with E-state index in [0.29, 0.717) is 0 Å². The van der Waals surface area contributed by atoms with Crippen LogP contribution < -0.4 is 10.2 Å². The van der Waals surface area contributed by atoms with Crippen LogP contribution in [0.1, 0.15) is 34.3 Å². The largest absolute Gasteiger partial charge is 0.465 e. The lowest BCUT2D eigenvalue weighted by molar-refractivity contribution is -0.136. The number of amides is 4. The van der Waals surface area contributed by atoms with E-state index in [-0.39, 0.29) is 58.4 Å². The van der Waals surface area contributed by atoms with Crippen LogP contribution in [-0.4, -0.2) is 39.9 Å². The summed E-state index contributed by atoms with van der Waals surface area (Å²) in [6.45, 7) is -0.374. The molecule has 0 saturated carbocycles. The summed E-state index contributed by atoms with van der Waals surface area (Å²) in [5, 5.41) is 12.3. The summed E-state index contributed by atoms with van der Waals surface area (Å²) in [5.74, 6) is -2.25. The lowest BCUT2D eigenvalue weighted by Gasteiger charge is -2.29. The molecule has 2 aliphatic heterocycles. The number of anilines is 1. The van der Waals surface area contributed by atoms with Crippen molar-refractivity contribution in [3.8, 4) is 0 Å². The Balaban J connectivity index is 1.62. The number of imide groups is 1. The molecular weight excluding hydrogens is 464 g/mol. The summed E-state index contributed by atoms with van der Waals surface area (Å²) < 4.78 is 14.9. The minimum absolute atomic E-state index is 0.0548. The van der Waals surface area contributed by atoms with Gasteiger partial charge in [0.25, 0.3) is 5.91 Å². The molecule has 0 bridgehead atoms. The number of fused-ring (bicyclic) bond motifs is 1. The summed E-state index contributed by atoms with van der Waals surface area (Å²) in [4.78, 5) is 50.5. The molecule has 2 heterocycles. The minimum atomic E-state index is -1.32. The SMILES string of the molecule is O=C1CCC(N2Cc3c(F)cc(CN(C(=O)O)c4cc(Cl)cc(Cl)c4)cc3C2=O)C(=O)N1. The van der Waals surface area contributed by atoms with Crippen molar-refractivity contribution in [3.05, 3.63) is 62.9 Å². The molecule has 2 aromatic rings. The van der Waals surface area contributed by atoms with Gasteiger partial charge in [0, 0.05) is 27.6 Å². The Morgan fingerprint density at radius 3 is 2.47 bits per heavy atom. The number of halogens is 3. The fourth-order valence-corrected chi connectivity index (χ4v) is 4.43. The van der Waals surface area contributed by atoms with Gasteiger partial charge in [-0.05, 0) is 42.3 Å². The summed E-state index contributed by atoms with van der Waals surface area (Å²) in [7, 11) is 0. The van der Waals surface area contributed by atoms with Crippen LogP contribution in [0.4, 0.5) is 14.9 Å². The van der Waals surface area contributed by atoms with Gasteiger partial charge in [0.1, 0.15) is 11.9 Å². The molecule has 1 atom stereocenters. The fourth-order valence-electron chi connectivity index (χ4n) is 3.91. The normalized spacial score (nSPS) is 17.9. The molecule has 2 N–H and O–H groups in total. The standard InChI is InChI=1S/C21H16Cl2FN3O5/c22-11-5-12(23)7-13(6-11)26(21(31)32)8-10-3-14-15(16(24)4-10)9-27(20(14)30)17-1-2-18(28)25-19(17)29/h3-7,17H,1-2,8-9H2,(H,31,32)(H,25,28,29). The van der Waals surface area contributed by atoms with Crippen molar-refractivity contribution in [1.82, 2.24) is 10.2 Å². The highest BCUT2D eigenvalue weighted by Crippen LogP contribution is 2.32. The van der Waals surface area contributed by atoms with Crippen molar-refractivity contribution in [2.45, 2.75) is 32.0 Å². The summed E-state index contributed by atoms with van der Waals surface area (Å²) in [6, 6.07) is 5.95. The number of carbonyl (C=O) groups excluding carboxylic acids is 3. The molecule has 2 aromatic carbocycles. The average molecular weight is 480 g/mol. The molecule has 4 rings (SSSR count). The molecule has 1 saturated heterocycles. The van der Waals surface area contributed by atoms with Gasteiger partial charge in [-0.1, -0.05) is 23.2 Å². The van der Waals surface area contributed by atoms with E-state index in [1.165, 1.54) is 29.2 Å². The third kappa shape index (κ3) is 4.13. The number of carbonyl (C=O) groups is 4. The van der Waals surface area contributed by atoms with E-state index in [4.69, 9.17) is 23.2 Å². The van der Waals surface area contributed by atoms with E-state index in [9.17, 15) is 28.7 Å². The molecule has 166 valence electrons. The Morgan fingerprint density at radius 2 is 1.84 bits per heavy atom. The maximum Gasteiger partial charge on any atom is 0.412 e. The van der Waals surface area contributed by atoms with Gasteiger partial charge in [-0.25, -0.2) is 9.18 Å². The van der Waals surface area contributed by atoms with Gasteiger partial charge in [0.15, 0.2) is 0 Å². The van der Waals surface area contributed by atoms with Gasteiger partial charge in [-0.3, -0.25) is 24.6 Å². The van der Waals surface area contributed by atoms with Crippen molar-refractivity contribution < 1.29 is 28.7 Å². The molecule has 0 aromatic heterocycles. The van der Waals surface area contributed by atoms with Crippen molar-refractivity contribution in [1.29, 1.82) is 0 Å². The van der Waals surface area contributed by atoms with Crippen molar-refractivity contribution in [2.75, 3.05) is 4.90 Å². The maximum absolute atomic E-state index is 14.9. The summed E-state index contributed by atoms with van der Waals surface area (Å²) in [6.07, 6.45) is -1.08. The molecule has 0 aliphatic carbocycles. The predicted octanol–water partition coefficient (Wildman–Crippen LogP) is 3.58. The molecule has 0 radical (unpaired) electrons. The van der Waals surface area contributed by atoms with Crippen LogP contribution in [0.2, 0.25) is 10.0 Å². The van der Waals surface area contributed by atoms with Gasteiger partial charge in [0.2, 0.25) is 11.8 Å². The monoisotopic (exact) mass is 479 g/mol. The smallest absolute Gasteiger partial charge is 0.412 e. The number of carboxylic acid groups (broad SMARTS) is 1. The second kappa shape index (κ2) is 8.40. The van der Waals surface area contributed by atoms with Crippen molar-refractivity contribution in [2.24, 2.45) is 0 Å². The Bertz CT molecular complexity index is 1150. The first-order valence-corrected chi connectivity index (χ1v) is 10.3. The first-order chi connectivity index (χ1) is 15.1. The van der Waals surface area contributed by atoms with Crippen molar-refractivity contribution in [3.63, 3.8) is 0 Å². The third-order valence-corrected chi connectivity index (χ3v) is 5.83. The molecular formula is C21H16Cl2FN3O5. The molecule has 0 spiro atoms. The molecule has 8 nitrogen and oxygen atoms in total. The first kappa shape index (κ1) is 22.0. The first-order valence-electron chi connectivity index (χ1n) is 9.56. The number of piperidine rings is 1. The Morgan fingerprint density at radius 1 is 1.16 bits per heavy atom. The van der Waals surface area contributed by atoms with Gasteiger partial charge in [-0.15, -0.1) is 0 Å². The van der Waals surface area contributed by atoms with E-state index >= 15 is 0 Å². The number of nitrogens with zero attached hydrogens (tertiary/aromatic N) is 2. The summed E-state index contributed by atoms with van der Waals surface area (Å²) in [5.41, 5.74) is 0.598. The van der Waals surface area contributed by atoms with Crippen LogP contribution in [0.15, 0.2) is 30.3 Å². The van der Waals surface area contributed by atoms with Crippen LogP contribution in [0.3, 0.4) is 0 Å². The van der Waals surface area contributed by atoms with E-state index in [0.717, 1.165) is 11.0 Å². The summed E-state index contributed by atoms with van der Waals surface area (Å²) >= 11 is 11.9. The van der Waals surface area contributed by atoms with Gasteiger partial charge in [-0.2, -0.15) is 0 Å². The molecule has 2 aliphatic rings. The third-order valence-electron chi connectivity index (χ3n) is 5.39. The molecule has 32 heavy (non-hydrogen) atoms. The van der Waals surface area contributed by atoms with E-state index in [1.807, 2.05) is 0 Å². The van der Waals surface area contributed by atoms with E-state index in [2.05, 4.69) is 5.32 Å². The highest BCUT2D eigenvalue weighted by Gasteiger charge is 2.40. The second-order valence-corrected chi connectivity index (χ2v) is 8.37. The zero-order valence-electron chi connectivity index (χ0n) is 16.4. The molecule has 11 heteroatoms. The maximum atomic E-state index is 14.9. The second-order valence-electron chi connectivity index (χ2n) is 7.50. The van der Waals surface area contributed by atoms with Gasteiger partial charge < -0.3 is 10.0 Å². The zero-order chi connectivity index (χ0) is 23.2. The van der Waals surface area contributed by atoms with Crippen LogP contribution in [0, 0.1) is 5.82 Å². The minimum Gasteiger partial charge on any atom is -0.465 e. The van der Waals surface area contributed by atoms with Crippen LogP contribution in [0.25, 0.3) is 0 Å². The number of rotatable bonds is 4. The highest BCUT2D eigenvalue weighted by molar-refractivity contribution is 6.35. The lowest BCUT2D eigenvalue weighted by Crippen LogP contribution is -2.52. The van der Waals surface area contributed by atoms with Gasteiger partial charge >= 0.3 is 6.09 Å². The highest BCUT2D eigenvalue weighted by atomic mass is 35.5. The van der Waals surface area contributed by atoms with Crippen LogP contribution in [-0.2, 0) is 22.7 Å². The number of hydrogen-bond donors (Lipinski definition) is 2. The number of benzene rings is 2. The van der Waals surface area contributed by atoms with E-state index in [1.54, 1.807) is 0 Å². The van der Waals surface area contributed by atoms with Crippen LogP contribution in [0.5, 0.6) is 0 Å². The molecule has 4 amide bonds. The lowest BCUT2D eigenvalue weighted by atomic mass is 10.0. The van der Waals surface area contributed by atoms with E-state index < -0.39 is 35.7 Å². The number of nitrogens with one attached hydrogen (secondary N) is 1. The fraction of sp³-hybridized carbons (Fsp3) is 0.238. The van der Waals surface area contributed by atoms with Crippen molar-refractivity contribution >= 4 is 52.7 Å². The Hall–Kier alpha value is -3.17. The predicted molar refractivity (Wildman–Crippen MR) is 113 cm³/mol. The number of hydrogen-bond acceptors (Lipinski definition) is 4. The average Bonchev–Trinajstić information content (AvgIpc) is 3.02. The zero-order valence-corrected chi connectivity index (χ0v) is 17.9. The Labute approximate surface area is 191 Å². The van der Waals surface area contributed by atoms with Gasteiger partial charge in [0.05, 0.1) is 18.8 Å². The topological polar surface area (TPSA) is 107 Å². The van der Waals surface area contributed by atoms with Crippen LogP contribution >= 0.6 is 23.2 Å². The quantitative estimate of drug-likeness (QED) is 0.651. The molecule has 1 fully saturated rings.